The molecule has 7 nitrogen and oxygen atoms in total. The molecule has 39 heavy (non-hydrogen) atoms. The molecule has 1 aliphatic rings. The third-order valence-corrected chi connectivity index (χ3v) is 7.15. The number of hydrogen-bond donors (Lipinski definition) is 2. The highest BCUT2D eigenvalue weighted by molar-refractivity contribution is 6.04. The largest absolute Gasteiger partial charge is 0.379 e. The second-order valence-corrected chi connectivity index (χ2v) is 10.8. The number of carbonyl (C=O) groups excluding carboxylic acids is 1. The molecule has 1 fully saturated rings. The summed E-state index contributed by atoms with van der Waals surface area (Å²) in [6, 6.07) is 14.2. The van der Waals surface area contributed by atoms with Crippen LogP contribution < -0.4 is 10.6 Å². The van der Waals surface area contributed by atoms with Crippen molar-refractivity contribution in [2.24, 2.45) is 10.9 Å². The molecule has 0 bridgehead atoms. The third-order valence-electron chi connectivity index (χ3n) is 7.15. The first-order valence-electron chi connectivity index (χ1n) is 14.2. The number of nitrogens with one attached hydrogen (secondary N) is 2. The van der Waals surface area contributed by atoms with E-state index < -0.39 is 0 Å². The van der Waals surface area contributed by atoms with Gasteiger partial charge in [-0.3, -0.25) is 14.7 Å². The average molecular weight is 534 g/mol. The molecule has 212 valence electrons. The van der Waals surface area contributed by atoms with Gasteiger partial charge in [-0.1, -0.05) is 32.0 Å². The van der Waals surface area contributed by atoms with Gasteiger partial charge in [0, 0.05) is 69.0 Å². The van der Waals surface area contributed by atoms with Crippen molar-refractivity contribution in [3.05, 3.63) is 76.6 Å². The molecular weight excluding hydrogens is 486 g/mol. The fraction of sp³-hybridized carbons (Fsp3) is 0.500. The number of anilines is 1. The summed E-state index contributed by atoms with van der Waals surface area (Å²) >= 11 is 0. The molecule has 0 aliphatic carbocycles. The Bertz CT molecular complexity index is 1140. The predicted molar refractivity (Wildman–Crippen MR) is 162 cm³/mol. The Morgan fingerprint density at radius 3 is 2.54 bits per heavy atom. The zero-order valence-corrected chi connectivity index (χ0v) is 24.8. The number of aryl methyl sites for hydroxylation is 1. The van der Waals surface area contributed by atoms with Gasteiger partial charge in [-0.15, -0.1) is 0 Å². The van der Waals surface area contributed by atoms with Crippen molar-refractivity contribution in [3.8, 4) is 0 Å². The smallest absolute Gasteiger partial charge is 0.255 e. The summed E-state index contributed by atoms with van der Waals surface area (Å²) in [5.41, 5.74) is 6.01. The number of morpholine rings is 1. The fourth-order valence-electron chi connectivity index (χ4n) is 4.48. The first kappa shape index (κ1) is 30.5. The van der Waals surface area contributed by atoms with E-state index >= 15 is 0 Å². The average Bonchev–Trinajstić information content (AvgIpc) is 2.92. The Morgan fingerprint density at radius 2 is 1.87 bits per heavy atom. The van der Waals surface area contributed by atoms with Crippen molar-refractivity contribution in [2.75, 3.05) is 45.2 Å². The van der Waals surface area contributed by atoms with E-state index in [0.29, 0.717) is 11.5 Å². The molecule has 0 spiro atoms. The monoisotopic (exact) mass is 533 g/mol. The minimum Gasteiger partial charge on any atom is -0.379 e. The summed E-state index contributed by atoms with van der Waals surface area (Å²) in [6.45, 7) is 18.1. The van der Waals surface area contributed by atoms with E-state index in [1.165, 1.54) is 5.56 Å². The lowest BCUT2D eigenvalue weighted by Gasteiger charge is -2.27. The van der Waals surface area contributed by atoms with Gasteiger partial charge in [0.1, 0.15) is 0 Å². The van der Waals surface area contributed by atoms with E-state index in [4.69, 9.17) is 9.73 Å². The molecule has 1 amide bonds. The highest BCUT2D eigenvalue weighted by Gasteiger charge is 2.15. The standard InChI is InChI=1S/C32H47N5O2/c1-8-36(7)22-31(23(2)3)33-20-25(5)34-26(6)27-10-9-11-30(19-27)35-32(38)28-12-13-29(24(4)18-28)21-37-14-16-39-17-15-37/h9-13,18-20,22-23,25-26,34H,8,14-17,21H2,1-7H3,(H,35,38)/b31-22+,33-20?/t25?,26-/m0/s1. The van der Waals surface area contributed by atoms with Crippen LogP contribution in [0, 0.1) is 12.8 Å². The number of allylic oxidation sites excluding steroid dienone is 1. The van der Waals surface area contributed by atoms with E-state index in [1.54, 1.807) is 0 Å². The lowest BCUT2D eigenvalue weighted by Crippen LogP contribution is -2.35. The van der Waals surface area contributed by atoms with Gasteiger partial charge in [-0.25, -0.2) is 0 Å². The maximum atomic E-state index is 13.0. The third kappa shape index (κ3) is 9.60. The highest BCUT2D eigenvalue weighted by atomic mass is 16.5. The van der Waals surface area contributed by atoms with E-state index in [-0.39, 0.29) is 18.0 Å². The number of rotatable bonds is 12. The molecule has 1 aliphatic heterocycles. The molecule has 2 atom stereocenters. The van der Waals surface area contributed by atoms with Crippen molar-refractivity contribution < 1.29 is 9.53 Å². The molecule has 1 unspecified atom stereocenters. The van der Waals surface area contributed by atoms with Crippen LogP contribution in [0.15, 0.2) is 59.4 Å². The molecule has 2 aromatic rings. The van der Waals surface area contributed by atoms with Crippen LogP contribution in [0.2, 0.25) is 0 Å². The van der Waals surface area contributed by atoms with Gasteiger partial charge in [-0.2, -0.15) is 0 Å². The summed E-state index contributed by atoms with van der Waals surface area (Å²) in [7, 11) is 2.07. The zero-order chi connectivity index (χ0) is 28.4. The molecule has 1 heterocycles. The molecule has 2 N–H and O–H groups in total. The van der Waals surface area contributed by atoms with Crippen molar-refractivity contribution in [1.82, 2.24) is 15.1 Å². The quantitative estimate of drug-likeness (QED) is 0.346. The molecule has 3 rings (SSSR count). The second-order valence-electron chi connectivity index (χ2n) is 10.8. The van der Waals surface area contributed by atoms with Crippen LogP contribution in [-0.4, -0.2) is 67.9 Å². The number of aliphatic imine (C=N–C) groups is 1. The Hall–Kier alpha value is -3.00. The van der Waals surface area contributed by atoms with Gasteiger partial charge in [-0.05, 0) is 74.6 Å². The van der Waals surface area contributed by atoms with Gasteiger partial charge in [0.15, 0.2) is 0 Å². The van der Waals surface area contributed by atoms with Crippen LogP contribution in [0.1, 0.15) is 67.7 Å². The van der Waals surface area contributed by atoms with Crippen molar-refractivity contribution in [2.45, 2.75) is 60.2 Å². The number of benzene rings is 2. The van der Waals surface area contributed by atoms with E-state index in [1.807, 2.05) is 36.5 Å². The van der Waals surface area contributed by atoms with Gasteiger partial charge < -0.3 is 20.3 Å². The van der Waals surface area contributed by atoms with E-state index in [9.17, 15) is 4.79 Å². The fourth-order valence-corrected chi connectivity index (χ4v) is 4.48. The molecular formula is C32H47N5O2. The summed E-state index contributed by atoms with van der Waals surface area (Å²) in [5, 5.41) is 6.68. The normalized spacial score (nSPS) is 16.5. The predicted octanol–water partition coefficient (Wildman–Crippen LogP) is 5.64. The maximum Gasteiger partial charge on any atom is 0.255 e. The van der Waals surface area contributed by atoms with Crippen molar-refractivity contribution >= 4 is 17.8 Å². The van der Waals surface area contributed by atoms with Crippen LogP contribution >= 0.6 is 0 Å². The number of carbonyl (C=O) groups is 1. The number of hydrogen-bond acceptors (Lipinski definition) is 6. The number of nitrogens with zero attached hydrogens (tertiary/aromatic N) is 3. The summed E-state index contributed by atoms with van der Waals surface area (Å²) in [5.74, 6) is 0.254. The maximum absolute atomic E-state index is 13.0. The molecule has 2 aromatic carbocycles. The van der Waals surface area contributed by atoms with Crippen molar-refractivity contribution in [3.63, 3.8) is 0 Å². The Morgan fingerprint density at radius 1 is 1.13 bits per heavy atom. The van der Waals surface area contributed by atoms with Crippen molar-refractivity contribution in [1.29, 1.82) is 0 Å². The second kappa shape index (κ2) is 15.0. The van der Waals surface area contributed by atoms with Crippen LogP contribution in [-0.2, 0) is 11.3 Å². The molecule has 1 saturated heterocycles. The zero-order valence-electron chi connectivity index (χ0n) is 24.8. The molecule has 0 saturated carbocycles. The first-order chi connectivity index (χ1) is 18.7. The lowest BCUT2D eigenvalue weighted by molar-refractivity contribution is 0.0341. The van der Waals surface area contributed by atoms with Crippen LogP contribution in [0.4, 0.5) is 5.69 Å². The van der Waals surface area contributed by atoms with E-state index in [0.717, 1.165) is 61.9 Å². The molecule has 7 heteroatoms. The number of ether oxygens (including phenoxy) is 1. The Balaban J connectivity index is 1.60. The minimum absolute atomic E-state index is 0.0892. The topological polar surface area (TPSA) is 69.2 Å². The summed E-state index contributed by atoms with van der Waals surface area (Å²) in [6.07, 6.45) is 4.09. The summed E-state index contributed by atoms with van der Waals surface area (Å²) < 4.78 is 5.45. The summed E-state index contributed by atoms with van der Waals surface area (Å²) in [4.78, 5) is 22.3. The number of amides is 1. The Labute approximate surface area is 235 Å². The lowest BCUT2D eigenvalue weighted by atomic mass is 10.0. The highest BCUT2D eigenvalue weighted by Crippen LogP contribution is 2.20. The van der Waals surface area contributed by atoms with Crippen LogP contribution in [0.5, 0.6) is 0 Å². The molecule has 0 radical (unpaired) electrons. The van der Waals surface area contributed by atoms with Gasteiger partial charge in [0.25, 0.3) is 5.91 Å². The molecule has 0 aromatic heterocycles. The van der Waals surface area contributed by atoms with E-state index in [2.05, 4.69) is 87.4 Å². The minimum atomic E-state index is -0.0978. The SMILES string of the molecule is CCN(C)/C=C(/N=CC(C)N[C@@H](C)c1cccc(NC(=O)c2ccc(CN3CCOCC3)c(C)c2)c1)C(C)C. The van der Waals surface area contributed by atoms with Crippen LogP contribution in [0.25, 0.3) is 0 Å². The first-order valence-corrected chi connectivity index (χ1v) is 14.2. The van der Waals surface area contributed by atoms with Gasteiger partial charge in [0.05, 0.1) is 18.9 Å². The van der Waals surface area contributed by atoms with Gasteiger partial charge >= 0.3 is 0 Å². The van der Waals surface area contributed by atoms with Crippen LogP contribution in [0.3, 0.4) is 0 Å². The Kier molecular flexibility index (Phi) is 11.7. The van der Waals surface area contributed by atoms with Gasteiger partial charge in [0.2, 0.25) is 0 Å².